The van der Waals surface area contributed by atoms with E-state index < -0.39 is 10.8 Å². The van der Waals surface area contributed by atoms with Gasteiger partial charge in [-0.25, -0.2) is 4.39 Å². The molecule has 2 rings (SSSR count). The van der Waals surface area contributed by atoms with Gasteiger partial charge in [-0.15, -0.1) is 0 Å². The summed E-state index contributed by atoms with van der Waals surface area (Å²) in [6, 6.07) is 5.82. The van der Waals surface area contributed by atoms with E-state index in [-0.39, 0.29) is 30.0 Å². The molecule has 116 valence electrons. The predicted octanol–water partition coefficient (Wildman–Crippen LogP) is 1.80. The largest absolute Gasteiger partial charge is 0.318 e. The summed E-state index contributed by atoms with van der Waals surface area (Å²) in [5.74, 6) is 0.0773. The Kier molecular flexibility index (Phi) is 5.11. The van der Waals surface area contributed by atoms with Gasteiger partial charge in [-0.3, -0.25) is 14.3 Å². The molecule has 0 radical (unpaired) electrons. The number of rotatable bonds is 5. The number of carbonyl (C=O) groups is 1. The molecule has 0 bridgehead atoms. The third-order valence-corrected chi connectivity index (χ3v) is 4.67. The van der Waals surface area contributed by atoms with Gasteiger partial charge in [0, 0.05) is 28.9 Å². The SMILES string of the molecule is CCC1NC(c2cccc(F)c2)N(C(C)CS(C)=O)C1=O. The minimum absolute atomic E-state index is 0.00953. The number of carbonyl (C=O) groups excluding carboxylic acids is 1. The first-order valence-electron chi connectivity index (χ1n) is 7.07. The van der Waals surface area contributed by atoms with Crippen LogP contribution in [0.4, 0.5) is 4.39 Å². The second-order valence-corrected chi connectivity index (χ2v) is 6.90. The Hall–Kier alpha value is -1.27. The van der Waals surface area contributed by atoms with Crippen LogP contribution in [0.15, 0.2) is 24.3 Å². The highest BCUT2D eigenvalue weighted by molar-refractivity contribution is 7.84. The van der Waals surface area contributed by atoms with Crippen LogP contribution in [0.25, 0.3) is 0 Å². The van der Waals surface area contributed by atoms with Gasteiger partial charge in [-0.05, 0) is 31.0 Å². The molecule has 0 spiro atoms. The summed E-state index contributed by atoms with van der Waals surface area (Å²) < 4.78 is 24.9. The Morgan fingerprint density at radius 2 is 2.19 bits per heavy atom. The van der Waals surface area contributed by atoms with E-state index in [9.17, 15) is 13.4 Å². The number of hydrogen-bond donors (Lipinski definition) is 1. The normalized spacial score (nSPS) is 25.1. The lowest BCUT2D eigenvalue weighted by Gasteiger charge is -2.30. The van der Waals surface area contributed by atoms with E-state index >= 15 is 0 Å². The number of nitrogens with one attached hydrogen (secondary N) is 1. The Morgan fingerprint density at radius 1 is 1.48 bits per heavy atom. The zero-order chi connectivity index (χ0) is 15.6. The average Bonchev–Trinajstić information content (AvgIpc) is 2.75. The molecule has 4 atom stereocenters. The van der Waals surface area contributed by atoms with Gasteiger partial charge < -0.3 is 4.90 Å². The minimum Gasteiger partial charge on any atom is -0.318 e. The lowest BCUT2D eigenvalue weighted by Crippen LogP contribution is -2.41. The van der Waals surface area contributed by atoms with Crippen molar-refractivity contribution in [3.8, 4) is 0 Å². The summed E-state index contributed by atoms with van der Waals surface area (Å²) in [4.78, 5) is 14.2. The first-order valence-corrected chi connectivity index (χ1v) is 8.80. The molecular formula is C15H21FN2O2S. The lowest BCUT2D eigenvalue weighted by atomic mass is 10.1. The van der Waals surface area contributed by atoms with E-state index in [1.54, 1.807) is 23.3 Å². The summed E-state index contributed by atoms with van der Waals surface area (Å²) in [5.41, 5.74) is 0.716. The summed E-state index contributed by atoms with van der Waals surface area (Å²) >= 11 is 0. The summed E-state index contributed by atoms with van der Waals surface area (Å²) in [6.07, 6.45) is 1.93. The maximum absolute atomic E-state index is 13.5. The fourth-order valence-corrected chi connectivity index (χ4v) is 3.61. The number of hydrogen-bond acceptors (Lipinski definition) is 3. The van der Waals surface area contributed by atoms with Crippen LogP contribution in [0.5, 0.6) is 0 Å². The maximum Gasteiger partial charge on any atom is 0.241 e. The van der Waals surface area contributed by atoms with Crippen LogP contribution >= 0.6 is 0 Å². The Labute approximate surface area is 127 Å². The molecule has 1 amide bonds. The molecule has 4 unspecified atom stereocenters. The lowest BCUT2D eigenvalue weighted by molar-refractivity contribution is -0.131. The highest BCUT2D eigenvalue weighted by Crippen LogP contribution is 2.29. The molecule has 21 heavy (non-hydrogen) atoms. The second kappa shape index (κ2) is 6.66. The molecule has 0 saturated carbocycles. The fraction of sp³-hybridized carbons (Fsp3) is 0.533. The monoisotopic (exact) mass is 312 g/mol. The van der Waals surface area contributed by atoms with Crippen molar-refractivity contribution in [2.75, 3.05) is 12.0 Å². The van der Waals surface area contributed by atoms with Gasteiger partial charge >= 0.3 is 0 Å². The van der Waals surface area contributed by atoms with E-state index in [4.69, 9.17) is 0 Å². The maximum atomic E-state index is 13.5. The van der Waals surface area contributed by atoms with Crippen molar-refractivity contribution in [3.05, 3.63) is 35.6 Å². The second-order valence-electron chi connectivity index (χ2n) is 5.42. The van der Waals surface area contributed by atoms with Crippen molar-refractivity contribution < 1.29 is 13.4 Å². The standard InChI is InChI=1S/C15H21FN2O2S/c1-4-13-15(19)18(10(2)9-21(3)20)14(17-13)11-6-5-7-12(16)8-11/h5-8,10,13-14,17H,4,9H2,1-3H3. The van der Waals surface area contributed by atoms with Crippen LogP contribution in [0.1, 0.15) is 32.0 Å². The van der Waals surface area contributed by atoms with E-state index in [0.29, 0.717) is 17.7 Å². The van der Waals surface area contributed by atoms with Crippen LogP contribution in [0, 0.1) is 5.82 Å². The highest BCUT2D eigenvalue weighted by Gasteiger charge is 2.41. The quantitative estimate of drug-likeness (QED) is 0.902. The minimum atomic E-state index is -0.991. The Morgan fingerprint density at radius 3 is 2.76 bits per heavy atom. The Bertz CT molecular complexity index is 552. The topological polar surface area (TPSA) is 49.4 Å². The van der Waals surface area contributed by atoms with Gasteiger partial charge in [0.25, 0.3) is 0 Å². The first-order chi connectivity index (χ1) is 9.93. The van der Waals surface area contributed by atoms with E-state index in [1.165, 1.54) is 12.1 Å². The summed E-state index contributed by atoms with van der Waals surface area (Å²) in [6.45, 7) is 3.82. The van der Waals surface area contributed by atoms with Gasteiger partial charge in [0.1, 0.15) is 12.0 Å². The van der Waals surface area contributed by atoms with Crippen LogP contribution in [0.3, 0.4) is 0 Å². The van der Waals surface area contributed by atoms with Gasteiger partial charge in [0.2, 0.25) is 5.91 Å². The number of benzene rings is 1. The van der Waals surface area contributed by atoms with Gasteiger partial charge in [-0.2, -0.15) is 0 Å². The van der Waals surface area contributed by atoms with Crippen LogP contribution < -0.4 is 5.32 Å². The molecule has 4 nitrogen and oxygen atoms in total. The molecule has 1 N–H and O–H groups in total. The van der Waals surface area contributed by atoms with Gasteiger partial charge in [0.15, 0.2) is 0 Å². The van der Waals surface area contributed by atoms with Crippen LogP contribution in [-0.2, 0) is 15.6 Å². The van der Waals surface area contributed by atoms with Crippen molar-refractivity contribution in [3.63, 3.8) is 0 Å². The third kappa shape index (κ3) is 3.49. The summed E-state index contributed by atoms with van der Waals surface area (Å²) in [7, 11) is -0.991. The zero-order valence-corrected chi connectivity index (χ0v) is 13.3. The van der Waals surface area contributed by atoms with E-state index in [0.717, 1.165) is 0 Å². The highest BCUT2D eigenvalue weighted by atomic mass is 32.2. The molecule has 0 aromatic heterocycles. The molecular weight excluding hydrogens is 291 g/mol. The predicted molar refractivity (Wildman–Crippen MR) is 81.6 cm³/mol. The number of halogens is 1. The molecule has 1 saturated heterocycles. The van der Waals surface area contributed by atoms with Crippen molar-refractivity contribution in [1.29, 1.82) is 0 Å². The first kappa shape index (κ1) is 16.1. The fourth-order valence-electron chi connectivity index (χ4n) is 2.77. The zero-order valence-electron chi connectivity index (χ0n) is 12.5. The molecule has 1 aliphatic heterocycles. The molecule has 6 heteroatoms. The Balaban J connectivity index is 2.32. The molecule has 1 fully saturated rings. The van der Waals surface area contributed by atoms with Gasteiger partial charge in [-0.1, -0.05) is 19.1 Å². The number of amides is 1. The van der Waals surface area contributed by atoms with Crippen LogP contribution in [0.2, 0.25) is 0 Å². The van der Waals surface area contributed by atoms with E-state index in [2.05, 4.69) is 5.32 Å². The smallest absolute Gasteiger partial charge is 0.241 e. The number of nitrogens with zero attached hydrogens (tertiary/aromatic N) is 1. The molecule has 1 aromatic rings. The molecule has 1 aromatic carbocycles. The third-order valence-electron chi connectivity index (χ3n) is 3.71. The molecule has 1 aliphatic rings. The molecule has 0 aliphatic carbocycles. The molecule has 1 heterocycles. The summed E-state index contributed by atoms with van der Waals surface area (Å²) in [5, 5.41) is 3.25. The van der Waals surface area contributed by atoms with Crippen molar-refractivity contribution in [2.45, 2.75) is 38.5 Å². The van der Waals surface area contributed by atoms with Crippen molar-refractivity contribution in [2.24, 2.45) is 0 Å². The van der Waals surface area contributed by atoms with E-state index in [1.807, 2.05) is 13.8 Å². The van der Waals surface area contributed by atoms with Crippen LogP contribution in [-0.4, -0.2) is 39.1 Å². The van der Waals surface area contributed by atoms with Crippen molar-refractivity contribution in [1.82, 2.24) is 10.2 Å². The average molecular weight is 312 g/mol. The van der Waals surface area contributed by atoms with Crippen molar-refractivity contribution >= 4 is 16.7 Å². The van der Waals surface area contributed by atoms with Gasteiger partial charge in [0.05, 0.1) is 6.04 Å².